The van der Waals surface area contributed by atoms with Gasteiger partial charge < -0.3 is 9.47 Å². The van der Waals surface area contributed by atoms with Gasteiger partial charge in [-0.05, 0) is 43.4 Å². The number of sulfone groups is 1. The van der Waals surface area contributed by atoms with Crippen molar-refractivity contribution in [3.63, 3.8) is 0 Å². The highest BCUT2D eigenvalue weighted by atomic mass is 32.2. The Morgan fingerprint density at radius 2 is 1.95 bits per heavy atom. The highest BCUT2D eigenvalue weighted by Crippen LogP contribution is 2.32. The van der Waals surface area contributed by atoms with Crippen LogP contribution >= 0.6 is 23.6 Å². The van der Waals surface area contributed by atoms with E-state index in [0.29, 0.717) is 15.5 Å². The molecule has 0 N–H and O–H groups in total. The number of methoxy groups -OCH3 is 2. The number of hydrogen-bond donors (Lipinski definition) is 0. The molecule has 0 atom stereocenters. The second-order valence-corrected chi connectivity index (χ2v) is 7.75. The molecule has 0 fully saturated rings. The van der Waals surface area contributed by atoms with Crippen molar-refractivity contribution in [3.8, 4) is 5.75 Å². The first-order chi connectivity index (χ1) is 9.90. The van der Waals surface area contributed by atoms with Crippen molar-refractivity contribution < 1.29 is 17.9 Å². The van der Waals surface area contributed by atoms with Gasteiger partial charge in [0.1, 0.15) is 5.75 Å². The van der Waals surface area contributed by atoms with E-state index in [0.717, 1.165) is 0 Å². The summed E-state index contributed by atoms with van der Waals surface area (Å²) in [5.41, 5.74) is 0. The lowest BCUT2D eigenvalue weighted by Gasteiger charge is -2.05. The Morgan fingerprint density at radius 1 is 1.24 bits per heavy atom. The minimum absolute atomic E-state index is 0.192. The number of benzene rings is 1. The predicted octanol–water partition coefficient (Wildman–Crippen LogP) is 3.22. The summed E-state index contributed by atoms with van der Waals surface area (Å²) in [4.78, 5) is 1.74. The first-order valence-corrected chi connectivity index (χ1v) is 8.69. The lowest BCUT2D eigenvalue weighted by atomic mass is 10.3. The first-order valence-electron chi connectivity index (χ1n) is 5.98. The summed E-state index contributed by atoms with van der Waals surface area (Å²) >= 11 is 6.35. The van der Waals surface area contributed by atoms with E-state index in [4.69, 9.17) is 21.7 Å². The number of hydrogen-bond acceptors (Lipinski definition) is 6. The molecule has 0 amide bonds. The van der Waals surface area contributed by atoms with Crippen molar-refractivity contribution >= 4 is 38.4 Å². The molecule has 0 aliphatic rings. The van der Waals surface area contributed by atoms with E-state index in [1.165, 1.54) is 31.6 Å². The van der Waals surface area contributed by atoms with E-state index in [1.54, 1.807) is 31.2 Å². The third-order valence-corrected chi connectivity index (χ3v) is 6.47. The van der Waals surface area contributed by atoms with Crippen molar-refractivity contribution in [1.82, 2.24) is 0 Å². The van der Waals surface area contributed by atoms with Crippen molar-refractivity contribution in [2.45, 2.75) is 16.7 Å². The maximum Gasteiger partial charge on any atom is 0.207 e. The van der Waals surface area contributed by atoms with Crippen LogP contribution in [-0.4, -0.2) is 27.7 Å². The normalized spacial score (nSPS) is 11.2. The monoisotopic (exact) mass is 342 g/mol. The van der Waals surface area contributed by atoms with Crippen LogP contribution in [0, 0.1) is 6.92 Å². The van der Waals surface area contributed by atoms with Gasteiger partial charge in [0.15, 0.2) is 0 Å². The Hall–Kier alpha value is -1.44. The second kappa shape index (κ2) is 6.13. The van der Waals surface area contributed by atoms with Crippen molar-refractivity contribution in [1.29, 1.82) is 0 Å². The zero-order chi connectivity index (χ0) is 15.6. The van der Waals surface area contributed by atoms with Crippen LogP contribution in [0.2, 0.25) is 0 Å². The molecule has 0 saturated heterocycles. The van der Waals surface area contributed by atoms with Gasteiger partial charge in [-0.15, -0.1) is 11.3 Å². The van der Waals surface area contributed by atoms with E-state index in [2.05, 4.69) is 0 Å². The summed E-state index contributed by atoms with van der Waals surface area (Å²) in [6.07, 6.45) is 0. The van der Waals surface area contributed by atoms with Gasteiger partial charge in [0, 0.05) is 4.88 Å². The lowest BCUT2D eigenvalue weighted by molar-refractivity contribution is 0.413. The molecule has 0 aliphatic heterocycles. The van der Waals surface area contributed by atoms with Gasteiger partial charge in [-0.3, -0.25) is 0 Å². The minimum Gasteiger partial charge on any atom is -0.497 e. The van der Waals surface area contributed by atoms with Crippen LogP contribution in [0.3, 0.4) is 0 Å². The van der Waals surface area contributed by atoms with Gasteiger partial charge in [0.05, 0.1) is 28.9 Å². The maximum absolute atomic E-state index is 12.7. The molecule has 7 heteroatoms. The van der Waals surface area contributed by atoms with Gasteiger partial charge in [-0.25, -0.2) is 8.42 Å². The van der Waals surface area contributed by atoms with Crippen LogP contribution in [-0.2, 0) is 14.6 Å². The SMILES string of the molecule is COC(=S)c1cc(S(=O)(=O)c2cccc(OC)c2)c(C)s1. The molecule has 21 heavy (non-hydrogen) atoms. The molecule has 0 spiro atoms. The van der Waals surface area contributed by atoms with Gasteiger partial charge in [-0.2, -0.15) is 0 Å². The number of aryl methyl sites for hydroxylation is 1. The Balaban J connectivity index is 2.53. The Bertz CT molecular complexity index is 775. The largest absolute Gasteiger partial charge is 0.497 e. The van der Waals surface area contributed by atoms with Crippen molar-refractivity contribution in [2.75, 3.05) is 14.2 Å². The number of thiophene rings is 1. The Morgan fingerprint density at radius 3 is 2.57 bits per heavy atom. The molecule has 0 saturated carbocycles. The molecule has 112 valence electrons. The quantitative estimate of drug-likeness (QED) is 0.799. The summed E-state index contributed by atoms with van der Waals surface area (Å²) in [6.45, 7) is 1.75. The molecular formula is C14H14O4S3. The summed E-state index contributed by atoms with van der Waals surface area (Å²) in [6, 6.07) is 7.95. The Labute approximate surface area is 133 Å². The fraction of sp³-hybridized carbons (Fsp3) is 0.214. The molecule has 4 nitrogen and oxygen atoms in total. The van der Waals surface area contributed by atoms with Crippen LogP contribution in [0.15, 0.2) is 40.1 Å². The molecule has 1 aromatic heterocycles. The average molecular weight is 342 g/mol. The zero-order valence-electron chi connectivity index (χ0n) is 11.7. The van der Waals surface area contributed by atoms with Crippen molar-refractivity contribution in [3.05, 3.63) is 40.1 Å². The molecule has 1 aromatic carbocycles. The second-order valence-electron chi connectivity index (χ2n) is 4.21. The molecule has 1 heterocycles. The molecular weight excluding hydrogens is 328 g/mol. The van der Waals surface area contributed by atoms with E-state index in [9.17, 15) is 8.42 Å². The number of ether oxygens (including phenoxy) is 2. The van der Waals surface area contributed by atoms with Crippen LogP contribution in [0.1, 0.15) is 9.75 Å². The van der Waals surface area contributed by atoms with Crippen molar-refractivity contribution in [2.24, 2.45) is 0 Å². The van der Waals surface area contributed by atoms with Crippen LogP contribution in [0.4, 0.5) is 0 Å². The van der Waals surface area contributed by atoms with Crippen LogP contribution < -0.4 is 4.74 Å². The summed E-state index contributed by atoms with van der Waals surface area (Å²) in [5, 5.41) is 0.287. The third-order valence-electron chi connectivity index (χ3n) is 2.90. The fourth-order valence-electron chi connectivity index (χ4n) is 1.83. The number of thiocarbonyl (C=S) groups is 1. The Kier molecular flexibility index (Phi) is 4.65. The highest BCUT2D eigenvalue weighted by molar-refractivity contribution is 7.91. The first kappa shape index (κ1) is 15.9. The summed E-state index contributed by atoms with van der Waals surface area (Å²) in [5.74, 6) is 0.497. The molecule has 0 aliphatic carbocycles. The average Bonchev–Trinajstić information content (AvgIpc) is 2.89. The van der Waals surface area contributed by atoms with Crippen LogP contribution in [0.25, 0.3) is 0 Å². The van der Waals surface area contributed by atoms with E-state index >= 15 is 0 Å². The van der Waals surface area contributed by atoms with E-state index in [1.807, 2.05) is 0 Å². The molecule has 0 bridgehead atoms. The smallest absolute Gasteiger partial charge is 0.207 e. The van der Waals surface area contributed by atoms with E-state index in [-0.39, 0.29) is 14.8 Å². The standard InChI is InChI=1S/C14H14O4S3/c1-9-13(8-12(20-9)14(19)18-3)21(15,16)11-6-4-5-10(7-11)17-2/h4-8H,1-3H3. The van der Waals surface area contributed by atoms with Gasteiger partial charge >= 0.3 is 0 Å². The topological polar surface area (TPSA) is 52.6 Å². The highest BCUT2D eigenvalue weighted by Gasteiger charge is 2.24. The molecule has 0 radical (unpaired) electrons. The van der Waals surface area contributed by atoms with Gasteiger partial charge in [0.25, 0.3) is 0 Å². The molecule has 2 aromatic rings. The predicted molar refractivity (Wildman–Crippen MR) is 86.2 cm³/mol. The molecule has 2 rings (SSSR count). The molecule has 0 unspecified atom stereocenters. The lowest BCUT2D eigenvalue weighted by Crippen LogP contribution is -2.03. The van der Waals surface area contributed by atoms with Gasteiger partial charge in [-0.1, -0.05) is 6.07 Å². The minimum atomic E-state index is -3.61. The summed E-state index contributed by atoms with van der Waals surface area (Å²) < 4.78 is 35.5. The van der Waals surface area contributed by atoms with E-state index < -0.39 is 9.84 Å². The van der Waals surface area contributed by atoms with Crippen LogP contribution in [0.5, 0.6) is 5.75 Å². The fourth-order valence-corrected chi connectivity index (χ4v) is 4.81. The van der Waals surface area contributed by atoms with Gasteiger partial charge in [0.2, 0.25) is 14.9 Å². The zero-order valence-corrected chi connectivity index (χ0v) is 14.2. The summed E-state index contributed by atoms with van der Waals surface area (Å²) in [7, 11) is -0.645. The third kappa shape index (κ3) is 3.09. The number of rotatable bonds is 4. The maximum atomic E-state index is 12.7.